The highest BCUT2D eigenvalue weighted by molar-refractivity contribution is 9.10. The van der Waals surface area contributed by atoms with Gasteiger partial charge in [0.15, 0.2) is 0 Å². The third-order valence-corrected chi connectivity index (χ3v) is 5.60. The highest BCUT2D eigenvalue weighted by Crippen LogP contribution is 2.30. The van der Waals surface area contributed by atoms with Crippen molar-refractivity contribution in [1.82, 2.24) is 15.1 Å². The molecule has 2 aromatic carbocycles. The molecule has 0 radical (unpaired) electrons. The van der Waals surface area contributed by atoms with Gasteiger partial charge in [-0.2, -0.15) is 0 Å². The fourth-order valence-corrected chi connectivity index (χ4v) is 3.80. The van der Waals surface area contributed by atoms with Crippen molar-refractivity contribution < 1.29 is 14.4 Å². The minimum absolute atomic E-state index is 0.0695. The quantitative estimate of drug-likeness (QED) is 0.672. The van der Waals surface area contributed by atoms with E-state index in [-0.39, 0.29) is 18.5 Å². The van der Waals surface area contributed by atoms with Gasteiger partial charge < -0.3 is 10.2 Å². The summed E-state index contributed by atoms with van der Waals surface area (Å²) in [5.41, 5.74) is 0.444. The summed E-state index contributed by atoms with van der Waals surface area (Å²) in [6.07, 6.45) is 0. The van der Waals surface area contributed by atoms with Crippen LogP contribution in [-0.2, 0) is 21.7 Å². The van der Waals surface area contributed by atoms with Crippen LogP contribution in [0.2, 0.25) is 0 Å². The summed E-state index contributed by atoms with van der Waals surface area (Å²) >= 11 is 3.39. The van der Waals surface area contributed by atoms with Gasteiger partial charge in [0.05, 0.1) is 0 Å². The number of rotatable bonds is 6. The van der Waals surface area contributed by atoms with Crippen molar-refractivity contribution in [2.75, 3.05) is 6.54 Å². The van der Waals surface area contributed by atoms with Crippen LogP contribution in [0.25, 0.3) is 0 Å². The summed E-state index contributed by atoms with van der Waals surface area (Å²) in [5, 5.41) is 2.74. The summed E-state index contributed by atoms with van der Waals surface area (Å²) < 4.78 is 0.807. The molecule has 6 nitrogen and oxygen atoms in total. The molecule has 3 rings (SSSR count). The number of carbonyl (C=O) groups excluding carboxylic acids is 3. The highest BCUT2D eigenvalue weighted by Gasteiger charge is 2.49. The molecule has 0 saturated carbocycles. The maximum absolute atomic E-state index is 13.1. The molecule has 0 bridgehead atoms. The van der Waals surface area contributed by atoms with Crippen LogP contribution in [0.1, 0.15) is 31.9 Å². The first kappa shape index (κ1) is 21.0. The molecule has 1 saturated heterocycles. The van der Waals surface area contributed by atoms with Gasteiger partial charge in [0, 0.05) is 17.1 Å². The maximum Gasteiger partial charge on any atom is 0.325 e. The van der Waals surface area contributed by atoms with Crippen molar-refractivity contribution in [3.8, 4) is 0 Å². The van der Waals surface area contributed by atoms with Crippen molar-refractivity contribution in [1.29, 1.82) is 0 Å². The van der Waals surface area contributed by atoms with Crippen LogP contribution in [0, 0.1) is 0 Å². The zero-order valence-electron chi connectivity index (χ0n) is 16.7. The Hall–Kier alpha value is -2.67. The lowest BCUT2D eigenvalue weighted by Crippen LogP contribution is -2.46. The summed E-state index contributed by atoms with van der Waals surface area (Å²) in [5.74, 6) is -0.705. The molecule has 1 aliphatic rings. The zero-order valence-corrected chi connectivity index (χ0v) is 18.3. The lowest BCUT2D eigenvalue weighted by molar-refractivity contribution is -0.140. The number of hydrogen-bond acceptors (Lipinski definition) is 3. The molecule has 1 N–H and O–H groups in total. The molecule has 0 aliphatic carbocycles. The second kappa shape index (κ2) is 8.37. The van der Waals surface area contributed by atoms with Gasteiger partial charge in [-0.1, -0.05) is 58.4 Å². The number of imide groups is 1. The van der Waals surface area contributed by atoms with Crippen molar-refractivity contribution in [3.05, 3.63) is 70.2 Å². The summed E-state index contributed by atoms with van der Waals surface area (Å²) in [7, 11) is 0. The Morgan fingerprint density at radius 3 is 2.45 bits per heavy atom. The van der Waals surface area contributed by atoms with Gasteiger partial charge >= 0.3 is 6.03 Å². The first-order valence-electron chi connectivity index (χ1n) is 9.46. The van der Waals surface area contributed by atoms with Gasteiger partial charge in [-0.25, -0.2) is 4.79 Å². The molecule has 0 aromatic heterocycles. The third kappa shape index (κ3) is 4.34. The Morgan fingerprint density at radius 1 is 1.14 bits per heavy atom. The van der Waals surface area contributed by atoms with E-state index in [4.69, 9.17) is 0 Å². The molecule has 1 heterocycles. The van der Waals surface area contributed by atoms with E-state index in [0.29, 0.717) is 12.1 Å². The fraction of sp³-hybridized carbons (Fsp3) is 0.318. The van der Waals surface area contributed by atoms with Crippen molar-refractivity contribution in [3.63, 3.8) is 0 Å². The van der Waals surface area contributed by atoms with Crippen LogP contribution >= 0.6 is 15.9 Å². The van der Waals surface area contributed by atoms with Crippen molar-refractivity contribution >= 4 is 33.8 Å². The molecule has 1 unspecified atom stereocenters. The van der Waals surface area contributed by atoms with Crippen LogP contribution < -0.4 is 5.32 Å². The predicted octanol–water partition coefficient (Wildman–Crippen LogP) is 3.65. The number of amides is 4. The second-order valence-corrected chi connectivity index (χ2v) is 8.47. The normalized spacial score (nSPS) is 18.9. The number of carbonyl (C=O) groups is 3. The average Bonchev–Trinajstić information content (AvgIpc) is 2.90. The molecule has 1 fully saturated rings. The summed E-state index contributed by atoms with van der Waals surface area (Å²) in [4.78, 5) is 41.3. The van der Waals surface area contributed by atoms with Gasteiger partial charge in [0.25, 0.3) is 5.91 Å². The highest BCUT2D eigenvalue weighted by atomic mass is 79.9. The van der Waals surface area contributed by atoms with Crippen LogP contribution in [0.3, 0.4) is 0 Å². The molecule has 152 valence electrons. The molecular weight excluding hydrogens is 434 g/mol. The van der Waals surface area contributed by atoms with Gasteiger partial charge in [-0.15, -0.1) is 0 Å². The Morgan fingerprint density at radius 2 is 1.83 bits per heavy atom. The van der Waals surface area contributed by atoms with Gasteiger partial charge in [-0.05, 0) is 44.0 Å². The largest absolute Gasteiger partial charge is 0.334 e. The van der Waals surface area contributed by atoms with E-state index in [1.54, 1.807) is 30.0 Å². The molecule has 4 amide bonds. The minimum atomic E-state index is -1.21. The monoisotopic (exact) mass is 457 g/mol. The van der Waals surface area contributed by atoms with E-state index in [1.807, 2.05) is 50.2 Å². The molecule has 1 aliphatic heterocycles. The smallest absolute Gasteiger partial charge is 0.325 e. The predicted molar refractivity (Wildman–Crippen MR) is 114 cm³/mol. The Balaban J connectivity index is 1.78. The lowest BCUT2D eigenvalue weighted by Gasteiger charge is -2.28. The zero-order chi connectivity index (χ0) is 21.2. The van der Waals surface area contributed by atoms with E-state index in [0.717, 1.165) is 14.9 Å². The molecule has 1 atom stereocenters. The van der Waals surface area contributed by atoms with E-state index in [1.165, 1.54) is 0 Å². The van der Waals surface area contributed by atoms with Crippen LogP contribution in [-0.4, -0.2) is 40.2 Å². The SMILES string of the molecule is CC(C)N(Cc1ccccc1)C(=O)CN1C(=O)NC(C)(c2cccc(Br)c2)C1=O. The molecule has 2 aromatic rings. The Labute approximate surface area is 179 Å². The molecule has 7 heteroatoms. The van der Waals surface area contributed by atoms with Gasteiger partial charge in [0.2, 0.25) is 5.91 Å². The lowest BCUT2D eigenvalue weighted by atomic mass is 9.92. The third-order valence-electron chi connectivity index (χ3n) is 5.11. The number of urea groups is 1. The van der Waals surface area contributed by atoms with Crippen LogP contribution in [0.5, 0.6) is 0 Å². The number of nitrogens with zero attached hydrogens (tertiary/aromatic N) is 2. The number of nitrogens with one attached hydrogen (secondary N) is 1. The number of benzene rings is 2. The standard InChI is InChI=1S/C22H24BrN3O3/c1-15(2)25(13-16-8-5-4-6-9-16)19(27)14-26-20(28)22(3,24-21(26)29)17-10-7-11-18(23)12-17/h4-12,15H,13-14H2,1-3H3,(H,24,29). The van der Waals surface area contributed by atoms with Crippen molar-refractivity contribution in [2.45, 2.75) is 38.9 Å². The van der Waals surface area contributed by atoms with E-state index >= 15 is 0 Å². The fourth-order valence-electron chi connectivity index (χ4n) is 3.40. The second-order valence-electron chi connectivity index (χ2n) is 7.56. The first-order valence-corrected chi connectivity index (χ1v) is 10.2. The number of halogens is 1. The summed E-state index contributed by atoms with van der Waals surface area (Å²) in [6.45, 7) is 5.61. The Bertz CT molecular complexity index is 932. The van der Waals surface area contributed by atoms with Crippen molar-refractivity contribution in [2.24, 2.45) is 0 Å². The first-order chi connectivity index (χ1) is 13.7. The minimum Gasteiger partial charge on any atom is -0.334 e. The molecule has 29 heavy (non-hydrogen) atoms. The van der Waals surface area contributed by atoms with E-state index < -0.39 is 17.5 Å². The molecule has 0 spiro atoms. The van der Waals surface area contributed by atoms with E-state index in [2.05, 4.69) is 21.2 Å². The Kier molecular flexibility index (Phi) is 6.07. The van der Waals surface area contributed by atoms with Gasteiger partial charge in [0.1, 0.15) is 12.1 Å². The number of hydrogen-bond donors (Lipinski definition) is 1. The van der Waals surface area contributed by atoms with Gasteiger partial charge in [-0.3, -0.25) is 14.5 Å². The maximum atomic E-state index is 13.1. The average molecular weight is 458 g/mol. The van der Waals surface area contributed by atoms with Crippen LogP contribution in [0.15, 0.2) is 59.1 Å². The van der Waals surface area contributed by atoms with E-state index in [9.17, 15) is 14.4 Å². The van der Waals surface area contributed by atoms with Crippen LogP contribution in [0.4, 0.5) is 4.79 Å². The summed E-state index contributed by atoms with van der Waals surface area (Å²) in [6, 6.07) is 16.2. The topological polar surface area (TPSA) is 69.7 Å². The molecular formula is C22H24BrN3O3.